The molecule has 0 bridgehead atoms. The number of ether oxygens (including phenoxy) is 1. The molecule has 4 N–H and O–H groups in total. The van der Waals surface area contributed by atoms with Gasteiger partial charge in [0, 0.05) is 38.0 Å². The monoisotopic (exact) mass is 536 g/mol. The van der Waals surface area contributed by atoms with Crippen LogP contribution in [0, 0.1) is 0 Å². The molecule has 0 aromatic heterocycles. The van der Waals surface area contributed by atoms with Gasteiger partial charge in [0.1, 0.15) is 19.3 Å². The number of carboxylic acid groups (broad SMARTS) is 1. The Balaban J connectivity index is 1.58. The zero-order valence-corrected chi connectivity index (χ0v) is 21.3. The number of imide groups is 1. The summed E-state index contributed by atoms with van der Waals surface area (Å²) in [7, 11) is 0. The van der Waals surface area contributed by atoms with Gasteiger partial charge in [-0.05, 0) is 42.7 Å². The van der Waals surface area contributed by atoms with Crippen molar-refractivity contribution in [1.29, 1.82) is 0 Å². The highest BCUT2D eigenvalue weighted by atomic mass is 32.1. The van der Waals surface area contributed by atoms with Crippen LogP contribution in [0.1, 0.15) is 37.7 Å². The second-order valence-corrected chi connectivity index (χ2v) is 8.80. The number of nitrogens with zero attached hydrogens (tertiary/aromatic N) is 1. The molecular formula is C24H32N4O8S. The highest BCUT2D eigenvalue weighted by Gasteiger charge is 2.29. The molecule has 1 aliphatic heterocycles. The van der Waals surface area contributed by atoms with Crippen molar-refractivity contribution in [3.63, 3.8) is 0 Å². The molecule has 13 heteroatoms. The molecule has 1 aromatic carbocycles. The van der Waals surface area contributed by atoms with Crippen LogP contribution in [-0.4, -0.2) is 83.6 Å². The van der Waals surface area contributed by atoms with Crippen LogP contribution in [-0.2, 0) is 39.9 Å². The van der Waals surface area contributed by atoms with Crippen molar-refractivity contribution < 1.29 is 38.6 Å². The Kier molecular flexibility index (Phi) is 12.6. The van der Waals surface area contributed by atoms with Crippen LogP contribution >= 0.6 is 12.6 Å². The standard InChI is InChI=1S/C24H32N4O8S/c29-19(10-13-37)27-18(24(34)35)2-1-11-25-20(30)14-36-15-21(31)26-17-6-3-16(4-7-17)5-8-22(32)28-12-9-23(28)33/h3-4,6-7,18,37H,1-2,5,8-15H2,(H,25,30)(H,26,31)(H,27,29)(H,34,35). The smallest absolute Gasteiger partial charge is 0.326 e. The van der Waals surface area contributed by atoms with Gasteiger partial charge in [-0.1, -0.05) is 12.1 Å². The number of nitrogens with one attached hydrogen (secondary N) is 3. The van der Waals surface area contributed by atoms with E-state index in [1.807, 2.05) is 0 Å². The number of carbonyl (C=O) groups is 6. The first kappa shape index (κ1) is 29.8. The molecule has 202 valence electrons. The lowest BCUT2D eigenvalue weighted by molar-refractivity contribution is -0.152. The minimum absolute atomic E-state index is 0.116. The Morgan fingerprint density at radius 3 is 2.32 bits per heavy atom. The van der Waals surface area contributed by atoms with Crippen molar-refractivity contribution in [2.75, 3.05) is 37.4 Å². The molecule has 1 unspecified atom stereocenters. The fourth-order valence-electron chi connectivity index (χ4n) is 3.36. The molecule has 1 aliphatic rings. The van der Waals surface area contributed by atoms with Crippen molar-refractivity contribution in [3.8, 4) is 0 Å². The molecule has 0 saturated carbocycles. The van der Waals surface area contributed by atoms with Gasteiger partial charge in [-0.3, -0.25) is 28.9 Å². The first-order valence-electron chi connectivity index (χ1n) is 11.9. The number of amides is 5. The number of likely N-dealkylation sites (tertiary alicyclic amines) is 1. The van der Waals surface area contributed by atoms with E-state index < -0.39 is 29.7 Å². The van der Waals surface area contributed by atoms with Gasteiger partial charge < -0.3 is 25.8 Å². The summed E-state index contributed by atoms with van der Waals surface area (Å²) in [4.78, 5) is 71.1. The molecule has 1 fully saturated rings. The molecule has 0 spiro atoms. The maximum atomic E-state index is 12.0. The quantitative estimate of drug-likeness (QED) is 0.113. The van der Waals surface area contributed by atoms with Crippen LogP contribution in [0.4, 0.5) is 5.69 Å². The summed E-state index contributed by atoms with van der Waals surface area (Å²) in [6.45, 7) is -0.0165. The summed E-state index contributed by atoms with van der Waals surface area (Å²) in [6, 6.07) is 5.87. The van der Waals surface area contributed by atoms with Gasteiger partial charge >= 0.3 is 5.97 Å². The van der Waals surface area contributed by atoms with E-state index in [1.165, 1.54) is 4.90 Å². The fraction of sp³-hybridized carbons (Fsp3) is 0.500. The molecule has 1 atom stereocenters. The van der Waals surface area contributed by atoms with E-state index >= 15 is 0 Å². The summed E-state index contributed by atoms with van der Waals surface area (Å²) in [5.74, 6) is -2.48. The van der Waals surface area contributed by atoms with E-state index in [0.717, 1.165) is 5.56 Å². The van der Waals surface area contributed by atoms with Crippen LogP contribution in [0.5, 0.6) is 0 Å². The molecule has 5 amide bonds. The number of hydrogen-bond donors (Lipinski definition) is 5. The number of anilines is 1. The predicted molar refractivity (Wildman–Crippen MR) is 136 cm³/mol. The first-order chi connectivity index (χ1) is 17.7. The topological polar surface area (TPSA) is 171 Å². The van der Waals surface area contributed by atoms with E-state index in [2.05, 4.69) is 28.6 Å². The summed E-state index contributed by atoms with van der Waals surface area (Å²) >= 11 is 3.92. The largest absolute Gasteiger partial charge is 0.480 e. The molecule has 12 nitrogen and oxygen atoms in total. The van der Waals surface area contributed by atoms with E-state index in [1.54, 1.807) is 24.3 Å². The van der Waals surface area contributed by atoms with Crippen molar-refractivity contribution in [3.05, 3.63) is 29.8 Å². The molecule has 2 rings (SSSR count). The number of carbonyl (C=O) groups excluding carboxylic acids is 5. The van der Waals surface area contributed by atoms with Crippen LogP contribution < -0.4 is 16.0 Å². The average molecular weight is 537 g/mol. The van der Waals surface area contributed by atoms with Crippen LogP contribution in [0.15, 0.2) is 24.3 Å². The highest BCUT2D eigenvalue weighted by Crippen LogP contribution is 2.14. The summed E-state index contributed by atoms with van der Waals surface area (Å²) in [6.07, 6.45) is 1.72. The minimum atomic E-state index is -1.15. The van der Waals surface area contributed by atoms with Crippen LogP contribution in [0.25, 0.3) is 0 Å². The van der Waals surface area contributed by atoms with Crippen molar-refractivity contribution in [2.45, 2.75) is 44.6 Å². The third kappa shape index (κ3) is 11.0. The Morgan fingerprint density at radius 2 is 1.73 bits per heavy atom. The zero-order chi connectivity index (χ0) is 27.2. The normalized spacial score (nSPS) is 13.3. The van der Waals surface area contributed by atoms with E-state index in [9.17, 15) is 28.8 Å². The van der Waals surface area contributed by atoms with Gasteiger partial charge in [-0.15, -0.1) is 0 Å². The van der Waals surface area contributed by atoms with Crippen LogP contribution in [0.3, 0.4) is 0 Å². The number of thiol groups is 1. The molecule has 1 saturated heterocycles. The lowest BCUT2D eigenvalue weighted by atomic mass is 10.1. The minimum Gasteiger partial charge on any atom is -0.480 e. The van der Waals surface area contributed by atoms with Gasteiger partial charge in [0.15, 0.2) is 0 Å². The molecule has 1 aromatic rings. The molecule has 37 heavy (non-hydrogen) atoms. The third-order valence-electron chi connectivity index (χ3n) is 5.45. The summed E-state index contributed by atoms with van der Waals surface area (Å²) in [5, 5.41) is 16.8. The average Bonchev–Trinajstić information content (AvgIpc) is 2.84. The number of benzene rings is 1. The fourth-order valence-corrected chi connectivity index (χ4v) is 3.57. The summed E-state index contributed by atoms with van der Waals surface area (Å²) in [5.41, 5.74) is 1.42. The van der Waals surface area contributed by atoms with Gasteiger partial charge in [-0.2, -0.15) is 12.6 Å². The second-order valence-electron chi connectivity index (χ2n) is 8.35. The third-order valence-corrected chi connectivity index (χ3v) is 5.67. The van der Waals surface area contributed by atoms with Gasteiger partial charge in [-0.25, -0.2) is 4.79 Å². The zero-order valence-electron chi connectivity index (χ0n) is 20.4. The Morgan fingerprint density at radius 1 is 1.03 bits per heavy atom. The van der Waals surface area contributed by atoms with Gasteiger partial charge in [0.2, 0.25) is 29.5 Å². The van der Waals surface area contributed by atoms with Crippen molar-refractivity contribution in [2.24, 2.45) is 0 Å². The molecule has 0 aliphatic carbocycles. The number of β-lactam (4-membered cyclic amide) rings is 1. The predicted octanol–water partition coefficient (Wildman–Crippen LogP) is 0.119. The lowest BCUT2D eigenvalue weighted by Crippen LogP contribution is -2.47. The molecular weight excluding hydrogens is 504 g/mol. The maximum Gasteiger partial charge on any atom is 0.326 e. The van der Waals surface area contributed by atoms with E-state index in [0.29, 0.717) is 37.2 Å². The van der Waals surface area contributed by atoms with E-state index in [4.69, 9.17) is 9.84 Å². The maximum absolute atomic E-state index is 12.0. The Hall–Kier alpha value is -3.45. The second kappa shape index (κ2) is 15.6. The molecule has 1 heterocycles. The summed E-state index contributed by atoms with van der Waals surface area (Å²) < 4.78 is 5.11. The Labute approximate surface area is 219 Å². The van der Waals surface area contributed by atoms with Gasteiger partial charge in [0.25, 0.3) is 0 Å². The van der Waals surface area contributed by atoms with Gasteiger partial charge in [0.05, 0.1) is 0 Å². The highest BCUT2D eigenvalue weighted by molar-refractivity contribution is 7.80. The van der Waals surface area contributed by atoms with E-state index in [-0.39, 0.29) is 50.8 Å². The van der Waals surface area contributed by atoms with Crippen LogP contribution in [0.2, 0.25) is 0 Å². The van der Waals surface area contributed by atoms with Crippen molar-refractivity contribution >= 4 is 53.8 Å². The first-order valence-corrected chi connectivity index (χ1v) is 12.5. The van der Waals surface area contributed by atoms with Crippen molar-refractivity contribution in [1.82, 2.24) is 15.5 Å². The molecule has 0 radical (unpaired) electrons. The number of aliphatic carboxylic acids is 1. The lowest BCUT2D eigenvalue weighted by Gasteiger charge is -2.28. The number of aryl methyl sites for hydroxylation is 1. The SMILES string of the molecule is O=C(COCC(=O)Nc1ccc(CCC(=O)N2CCC2=O)cc1)NCCCC(NC(=O)CCS)C(=O)O. The number of rotatable bonds is 16. The number of hydrogen-bond acceptors (Lipinski definition) is 8. The number of carboxylic acids is 1. The Bertz CT molecular complexity index is 985.